The average molecular weight is 697 g/mol. The second-order valence-corrected chi connectivity index (χ2v) is 15.3. The molecule has 5 rings (SSSR count). The van der Waals surface area contributed by atoms with Crippen LogP contribution in [0, 0.1) is 5.41 Å². The molecule has 264 valence electrons. The highest BCUT2D eigenvalue weighted by Crippen LogP contribution is 2.45. The van der Waals surface area contributed by atoms with Gasteiger partial charge in [-0.05, 0) is 60.1 Å². The Bertz CT molecular complexity index is 1740. The number of nitrogens with one attached hydrogen (secondary N) is 2. The van der Waals surface area contributed by atoms with Gasteiger partial charge in [0.1, 0.15) is 11.8 Å². The number of hydrogen-bond donors (Lipinski definition) is 3. The molecule has 50 heavy (non-hydrogen) atoms. The van der Waals surface area contributed by atoms with Gasteiger partial charge in [0, 0.05) is 41.4 Å². The lowest BCUT2D eigenvalue weighted by Crippen LogP contribution is -2.49. The van der Waals surface area contributed by atoms with Gasteiger partial charge in [0.15, 0.2) is 5.82 Å². The van der Waals surface area contributed by atoms with Crippen molar-refractivity contribution in [1.29, 1.82) is 0 Å². The van der Waals surface area contributed by atoms with Crippen LogP contribution in [0.15, 0.2) is 73.1 Å². The first-order valence-electron chi connectivity index (χ1n) is 17.5. The number of hydrogen-bond acceptors (Lipinski definition) is 7. The molecule has 1 saturated carbocycles. The summed E-state index contributed by atoms with van der Waals surface area (Å²) in [6.07, 6.45) is 10.9. The lowest BCUT2D eigenvalue weighted by Gasteiger charge is -2.20. The number of aliphatic carboxylic acids is 1. The summed E-state index contributed by atoms with van der Waals surface area (Å²) in [5, 5.41) is 15.3. The maximum atomic E-state index is 13.4. The van der Waals surface area contributed by atoms with E-state index in [9.17, 15) is 19.5 Å². The Morgan fingerprint density at radius 1 is 0.880 bits per heavy atom. The first-order valence-corrected chi connectivity index (χ1v) is 18.4. The van der Waals surface area contributed by atoms with Crippen LogP contribution in [0.25, 0.3) is 22.5 Å². The van der Waals surface area contributed by atoms with Gasteiger partial charge in [0.2, 0.25) is 5.91 Å². The summed E-state index contributed by atoms with van der Waals surface area (Å²) in [5.41, 5.74) is 2.53. The second-order valence-electron chi connectivity index (χ2n) is 14.2. The van der Waals surface area contributed by atoms with Gasteiger partial charge >= 0.3 is 5.97 Å². The number of aromatic nitrogens is 2. The molecule has 2 heterocycles. The van der Waals surface area contributed by atoms with Gasteiger partial charge in [-0.3, -0.25) is 14.4 Å². The van der Waals surface area contributed by atoms with E-state index in [-0.39, 0.29) is 24.3 Å². The van der Waals surface area contributed by atoms with Crippen LogP contribution in [0.1, 0.15) is 92.8 Å². The molecule has 0 aliphatic heterocycles. The summed E-state index contributed by atoms with van der Waals surface area (Å²) < 4.78 is 5.89. The largest absolute Gasteiger partial charge is 0.494 e. The Hall–Kier alpha value is -4.57. The number of rotatable bonds is 17. The smallest absolute Gasteiger partial charge is 0.311 e. The molecule has 4 aromatic rings. The molecule has 0 radical (unpaired) electrons. The van der Waals surface area contributed by atoms with E-state index in [1.807, 2.05) is 54.6 Å². The number of nitrogens with zero attached hydrogens (tertiary/aromatic N) is 2. The zero-order chi connectivity index (χ0) is 35.7. The summed E-state index contributed by atoms with van der Waals surface area (Å²) in [5.74, 6) is -0.237. The van der Waals surface area contributed by atoms with E-state index in [4.69, 9.17) is 4.74 Å². The SMILES string of the molecule is CCCCCCCOc1ccc(-c2cnc(-c3ccc(CC(NC(=O)c4ccc(C(C)(C)C)s4)C(=O)NCC4(C(=O)O)CC4)cc3)nc2)cc1. The Labute approximate surface area is 298 Å². The molecule has 9 nitrogen and oxygen atoms in total. The third kappa shape index (κ3) is 9.78. The van der Waals surface area contributed by atoms with E-state index in [0.29, 0.717) is 23.5 Å². The lowest BCUT2D eigenvalue weighted by molar-refractivity contribution is -0.143. The molecule has 2 aromatic heterocycles. The standard InChI is InChI=1S/C40H48N4O5S/c1-5-6-7-8-9-22-49-31-16-14-28(15-17-31)30-24-41-35(42-25-30)29-12-10-27(11-13-29)23-32(36(45)43-26-40(20-21-40)38(47)48)44-37(46)33-18-19-34(50-33)39(2,3)4/h10-19,24-25,32H,5-9,20-23,26H2,1-4H3,(H,43,45)(H,44,46)(H,47,48). The molecule has 1 unspecified atom stereocenters. The Morgan fingerprint density at radius 2 is 1.54 bits per heavy atom. The number of amides is 2. The van der Waals surface area contributed by atoms with Gasteiger partial charge in [-0.25, -0.2) is 9.97 Å². The van der Waals surface area contributed by atoms with Gasteiger partial charge in [0.05, 0.1) is 16.9 Å². The number of unbranched alkanes of at least 4 members (excludes halogenated alkanes) is 4. The van der Waals surface area contributed by atoms with Gasteiger partial charge < -0.3 is 20.5 Å². The maximum Gasteiger partial charge on any atom is 0.311 e. The fourth-order valence-electron chi connectivity index (χ4n) is 5.59. The predicted octanol–water partition coefficient (Wildman–Crippen LogP) is 7.84. The van der Waals surface area contributed by atoms with Gasteiger partial charge in [0.25, 0.3) is 5.91 Å². The van der Waals surface area contributed by atoms with Crippen LogP contribution in [0.3, 0.4) is 0 Å². The summed E-state index contributed by atoms with van der Waals surface area (Å²) in [4.78, 5) is 49.1. The van der Waals surface area contributed by atoms with Crippen molar-refractivity contribution in [2.24, 2.45) is 5.41 Å². The van der Waals surface area contributed by atoms with Crippen LogP contribution in [-0.4, -0.2) is 52.1 Å². The minimum Gasteiger partial charge on any atom is -0.494 e. The van der Waals surface area contributed by atoms with Crippen LogP contribution < -0.4 is 15.4 Å². The first kappa shape index (κ1) is 36.7. The highest BCUT2D eigenvalue weighted by molar-refractivity contribution is 7.14. The Kier molecular flexibility index (Phi) is 12.1. The molecule has 1 aliphatic rings. The molecule has 3 N–H and O–H groups in total. The minimum atomic E-state index is -0.915. The summed E-state index contributed by atoms with van der Waals surface area (Å²) in [7, 11) is 0. The highest BCUT2D eigenvalue weighted by Gasteiger charge is 2.50. The fraction of sp³-hybridized carbons (Fsp3) is 0.425. The molecule has 10 heteroatoms. The van der Waals surface area contributed by atoms with E-state index >= 15 is 0 Å². The van der Waals surface area contributed by atoms with Crippen molar-refractivity contribution < 1.29 is 24.2 Å². The lowest BCUT2D eigenvalue weighted by atomic mass is 9.95. The van der Waals surface area contributed by atoms with Crippen molar-refractivity contribution in [2.45, 2.75) is 90.5 Å². The van der Waals surface area contributed by atoms with Crippen molar-refractivity contribution in [3.05, 3.63) is 88.4 Å². The average Bonchev–Trinajstić information content (AvgIpc) is 3.74. The normalized spacial score (nSPS) is 14.1. The van der Waals surface area contributed by atoms with Crippen LogP contribution in [0.2, 0.25) is 0 Å². The van der Waals surface area contributed by atoms with Crippen molar-refractivity contribution in [1.82, 2.24) is 20.6 Å². The second kappa shape index (κ2) is 16.4. The highest BCUT2D eigenvalue weighted by atomic mass is 32.1. The molecule has 0 bridgehead atoms. The maximum absolute atomic E-state index is 13.4. The number of thiophene rings is 1. The molecular formula is C40H48N4O5S. The van der Waals surface area contributed by atoms with E-state index in [0.717, 1.165) is 45.9 Å². The van der Waals surface area contributed by atoms with E-state index < -0.39 is 23.3 Å². The number of benzene rings is 2. The van der Waals surface area contributed by atoms with Gasteiger partial charge in [-0.2, -0.15) is 0 Å². The monoisotopic (exact) mass is 696 g/mol. The number of carboxylic acid groups (broad SMARTS) is 1. The van der Waals surface area contributed by atoms with Crippen LogP contribution >= 0.6 is 11.3 Å². The molecule has 0 saturated heterocycles. The van der Waals surface area contributed by atoms with Crippen molar-refractivity contribution in [2.75, 3.05) is 13.2 Å². The topological polar surface area (TPSA) is 131 Å². The Morgan fingerprint density at radius 3 is 2.14 bits per heavy atom. The molecule has 1 atom stereocenters. The van der Waals surface area contributed by atoms with Gasteiger partial charge in [-0.15, -0.1) is 11.3 Å². The van der Waals surface area contributed by atoms with Crippen LogP contribution in [0.4, 0.5) is 0 Å². The molecule has 2 amide bonds. The molecule has 0 spiro atoms. The zero-order valence-corrected chi connectivity index (χ0v) is 30.3. The van der Waals surface area contributed by atoms with Gasteiger partial charge in [-0.1, -0.05) is 89.8 Å². The van der Waals surface area contributed by atoms with Crippen LogP contribution in [0.5, 0.6) is 5.75 Å². The first-order chi connectivity index (χ1) is 24.0. The summed E-state index contributed by atoms with van der Waals surface area (Å²) in [6.45, 7) is 9.23. The van der Waals surface area contributed by atoms with E-state index in [1.54, 1.807) is 18.5 Å². The zero-order valence-electron chi connectivity index (χ0n) is 29.5. The summed E-state index contributed by atoms with van der Waals surface area (Å²) >= 11 is 1.40. The minimum absolute atomic E-state index is 0.0318. The fourth-order valence-corrected chi connectivity index (χ4v) is 6.56. The quantitative estimate of drug-likeness (QED) is 0.0959. The van der Waals surface area contributed by atoms with Crippen molar-refractivity contribution in [3.63, 3.8) is 0 Å². The van der Waals surface area contributed by atoms with Crippen molar-refractivity contribution >= 4 is 29.1 Å². The third-order valence-corrected chi connectivity index (χ3v) is 10.6. The predicted molar refractivity (Wildman–Crippen MR) is 197 cm³/mol. The van der Waals surface area contributed by atoms with E-state index in [2.05, 4.69) is 48.3 Å². The molecule has 2 aromatic carbocycles. The van der Waals surface area contributed by atoms with Crippen LogP contribution in [-0.2, 0) is 21.4 Å². The molecule has 1 fully saturated rings. The number of carbonyl (C=O) groups excluding carboxylic acids is 2. The Balaban J connectivity index is 1.21. The third-order valence-electron chi connectivity index (χ3n) is 9.11. The molecular weight excluding hydrogens is 649 g/mol. The van der Waals surface area contributed by atoms with Crippen molar-refractivity contribution in [3.8, 4) is 28.3 Å². The summed E-state index contributed by atoms with van der Waals surface area (Å²) in [6, 6.07) is 18.4. The number of ether oxygens (including phenoxy) is 1. The number of carboxylic acids is 1. The molecule has 1 aliphatic carbocycles. The number of carbonyl (C=O) groups is 3. The van der Waals surface area contributed by atoms with E-state index in [1.165, 1.54) is 37.0 Å².